The molecule has 2 aromatic rings. The molecular weight excluding hydrogens is 342 g/mol. The lowest BCUT2D eigenvalue weighted by Gasteiger charge is -2.11. The number of benzene rings is 1. The van der Waals surface area contributed by atoms with Gasteiger partial charge in [0.2, 0.25) is 5.95 Å². The predicted molar refractivity (Wildman–Crippen MR) is 107 cm³/mol. The summed E-state index contributed by atoms with van der Waals surface area (Å²) in [6, 6.07) is 9.61. The second-order valence-corrected chi connectivity index (χ2v) is 6.62. The maximum Gasteiger partial charge on any atom is 0.270 e. The van der Waals surface area contributed by atoms with Crippen LogP contribution < -0.4 is 15.4 Å². The van der Waals surface area contributed by atoms with Crippen LogP contribution in [0.4, 0.5) is 5.95 Å². The van der Waals surface area contributed by atoms with Crippen molar-refractivity contribution in [3.8, 4) is 5.75 Å². The van der Waals surface area contributed by atoms with E-state index in [1.54, 1.807) is 13.2 Å². The number of carbonyl (C=O) groups excluding carboxylic acids is 1. The van der Waals surface area contributed by atoms with E-state index in [1.807, 2.05) is 45.3 Å². The molecule has 1 aromatic carbocycles. The molecule has 1 aromatic heterocycles. The Morgan fingerprint density at radius 3 is 2.70 bits per heavy atom. The van der Waals surface area contributed by atoms with Crippen molar-refractivity contribution in [2.75, 3.05) is 46.2 Å². The van der Waals surface area contributed by atoms with E-state index in [1.165, 1.54) is 0 Å². The molecule has 0 fully saturated rings. The molecule has 0 radical (unpaired) electrons. The molecule has 1 amide bonds. The molecule has 0 unspecified atom stereocenters. The molecule has 0 bridgehead atoms. The van der Waals surface area contributed by atoms with E-state index in [2.05, 4.69) is 25.5 Å². The van der Waals surface area contributed by atoms with Gasteiger partial charge in [0.05, 0.1) is 7.11 Å². The Kier molecular flexibility index (Phi) is 8.00. The second-order valence-electron chi connectivity index (χ2n) is 6.62. The molecule has 2 rings (SSSR count). The third-order valence-corrected chi connectivity index (χ3v) is 4.02. The highest BCUT2D eigenvalue weighted by atomic mass is 16.5. The fourth-order valence-corrected chi connectivity index (χ4v) is 2.67. The van der Waals surface area contributed by atoms with Crippen molar-refractivity contribution >= 4 is 11.9 Å². The Bertz CT molecular complexity index is 749. The molecule has 0 atom stereocenters. The van der Waals surface area contributed by atoms with Gasteiger partial charge in [-0.1, -0.05) is 18.2 Å². The normalized spacial score (nSPS) is 10.7. The predicted octanol–water partition coefficient (Wildman–Crippen LogP) is 2.13. The number of amides is 1. The molecule has 0 aliphatic carbocycles. The van der Waals surface area contributed by atoms with Crippen LogP contribution in [0.1, 0.15) is 28.2 Å². The van der Waals surface area contributed by atoms with Gasteiger partial charge in [0, 0.05) is 18.8 Å². The summed E-state index contributed by atoms with van der Waals surface area (Å²) in [5.74, 6) is 1.15. The van der Waals surface area contributed by atoms with Crippen molar-refractivity contribution in [3.05, 3.63) is 47.3 Å². The van der Waals surface area contributed by atoms with Crippen LogP contribution in [-0.2, 0) is 6.42 Å². The largest absolute Gasteiger partial charge is 0.496 e. The summed E-state index contributed by atoms with van der Waals surface area (Å²) in [5.41, 5.74) is 2.24. The van der Waals surface area contributed by atoms with Crippen LogP contribution >= 0.6 is 0 Å². The quantitative estimate of drug-likeness (QED) is 0.623. The van der Waals surface area contributed by atoms with Gasteiger partial charge in [-0.2, -0.15) is 0 Å². The van der Waals surface area contributed by atoms with Crippen molar-refractivity contribution in [2.24, 2.45) is 0 Å². The van der Waals surface area contributed by atoms with E-state index in [9.17, 15) is 4.79 Å². The summed E-state index contributed by atoms with van der Waals surface area (Å²) >= 11 is 0. The average molecular weight is 371 g/mol. The molecule has 1 heterocycles. The fraction of sp³-hybridized carbons (Fsp3) is 0.450. The van der Waals surface area contributed by atoms with Crippen LogP contribution in [-0.4, -0.2) is 61.6 Å². The molecule has 146 valence electrons. The van der Waals surface area contributed by atoms with Gasteiger partial charge in [-0.25, -0.2) is 9.97 Å². The second kappa shape index (κ2) is 10.5. The minimum absolute atomic E-state index is 0.174. The van der Waals surface area contributed by atoms with Gasteiger partial charge in [-0.3, -0.25) is 4.79 Å². The third kappa shape index (κ3) is 6.86. The summed E-state index contributed by atoms with van der Waals surface area (Å²) in [6.07, 6.45) is 1.67. The number of hydrogen-bond donors (Lipinski definition) is 2. The van der Waals surface area contributed by atoms with E-state index in [4.69, 9.17) is 4.74 Å². The topological polar surface area (TPSA) is 79.4 Å². The minimum Gasteiger partial charge on any atom is -0.496 e. The summed E-state index contributed by atoms with van der Waals surface area (Å²) in [7, 11) is 5.69. The number of para-hydroxylation sites is 1. The summed E-state index contributed by atoms with van der Waals surface area (Å²) in [6.45, 7) is 4.05. The molecule has 7 nitrogen and oxygen atoms in total. The number of aryl methyl sites for hydroxylation is 1. The number of nitrogens with one attached hydrogen (secondary N) is 2. The smallest absolute Gasteiger partial charge is 0.270 e. The van der Waals surface area contributed by atoms with Crippen LogP contribution in [0.5, 0.6) is 5.75 Å². The van der Waals surface area contributed by atoms with Crippen LogP contribution in [0.2, 0.25) is 0 Å². The summed E-state index contributed by atoms with van der Waals surface area (Å²) in [5, 5.41) is 6.10. The molecule has 0 saturated carbocycles. The first-order valence-corrected chi connectivity index (χ1v) is 9.14. The highest BCUT2D eigenvalue weighted by molar-refractivity contribution is 5.92. The van der Waals surface area contributed by atoms with Crippen molar-refractivity contribution in [1.82, 2.24) is 20.2 Å². The summed E-state index contributed by atoms with van der Waals surface area (Å²) in [4.78, 5) is 23.1. The Balaban J connectivity index is 1.91. The molecule has 7 heteroatoms. The van der Waals surface area contributed by atoms with E-state index in [0.29, 0.717) is 24.7 Å². The summed E-state index contributed by atoms with van der Waals surface area (Å²) < 4.78 is 5.36. The number of methoxy groups -OCH3 is 1. The van der Waals surface area contributed by atoms with Crippen molar-refractivity contribution in [2.45, 2.75) is 19.8 Å². The first-order chi connectivity index (χ1) is 13.0. The number of hydrogen-bond acceptors (Lipinski definition) is 6. The van der Waals surface area contributed by atoms with Crippen LogP contribution in [0.15, 0.2) is 30.3 Å². The van der Waals surface area contributed by atoms with Gasteiger partial charge in [0.1, 0.15) is 11.4 Å². The van der Waals surface area contributed by atoms with E-state index < -0.39 is 0 Å². The monoisotopic (exact) mass is 371 g/mol. The molecule has 27 heavy (non-hydrogen) atoms. The van der Waals surface area contributed by atoms with Gasteiger partial charge >= 0.3 is 0 Å². The Labute approximate surface area is 161 Å². The van der Waals surface area contributed by atoms with Crippen molar-refractivity contribution < 1.29 is 9.53 Å². The number of anilines is 1. The minimum atomic E-state index is -0.174. The van der Waals surface area contributed by atoms with Gasteiger partial charge in [0.25, 0.3) is 5.91 Å². The van der Waals surface area contributed by atoms with Gasteiger partial charge in [-0.05, 0) is 58.1 Å². The molecule has 0 saturated heterocycles. The lowest BCUT2D eigenvalue weighted by atomic mass is 10.1. The fourth-order valence-electron chi connectivity index (χ4n) is 2.67. The standard InChI is InChI=1S/C20H29N5O2/c1-15-14-17(19(26)21-11-7-13-25(2)3)24-20(23-15)22-12-10-16-8-5-6-9-18(16)27-4/h5-6,8-9,14H,7,10-13H2,1-4H3,(H,21,26)(H,22,23,24). The third-order valence-electron chi connectivity index (χ3n) is 4.02. The number of nitrogens with zero attached hydrogens (tertiary/aromatic N) is 3. The number of ether oxygens (including phenoxy) is 1. The van der Waals surface area contributed by atoms with E-state index >= 15 is 0 Å². The highest BCUT2D eigenvalue weighted by Gasteiger charge is 2.10. The number of carbonyl (C=O) groups is 1. The maximum absolute atomic E-state index is 12.3. The average Bonchev–Trinajstić information content (AvgIpc) is 2.65. The molecule has 2 N–H and O–H groups in total. The van der Waals surface area contributed by atoms with Crippen LogP contribution in [0.25, 0.3) is 0 Å². The molecule has 0 aliphatic rings. The van der Waals surface area contributed by atoms with Crippen molar-refractivity contribution in [3.63, 3.8) is 0 Å². The Morgan fingerprint density at radius 1 is 1.19 bits per heavy atom. The lowest BCUT2D eigenvalue weighted by Crippen LogP contribution is -2.28. The zero-order chi connectivity index (χ0) is 19.6. The lowest BCUT2D eigenvalue weighted by molar-refractivity contribution is 0.0947. The van der Waals surface area contributed by atoms with E-state index in [-0.39, 0.29) is 5.91 Å². The van der Waals surface area contributed by atoms with Crippen LogP contribution in [0, 0.1) is 6.92 Å². The first-order valence-electron chi connectivity index (χ1n) is 9.14. The zero-order valence-electron chi connectivity index (χ0n) is 16.6. The Morgan fingerprint density at radius 2 is 1.96 bits per heavy atom. The van der Waals surface area contributed by atoms with Crippen LogP contribution in [0.3, 0.4) is 0 Å². The van der Waals surface area contributed by atoms with Gasteiger partial charge in [0.15, 0.2) is 0 Å². The van der Waals surface area contributed by atoms with Gasteiger partial charge in [-0.15, -0.1) is 0 Å². The highest BCUT2D eigenvalue weighted by Crippen LogP contribution is 2.17. The van der Waals surface area contributed by atoms with E-state index in [0.717, 1.165) is 36.4 Å². The molecular formula is C20H29N5O2. The number of aromatic nitrogens is 2. The Hall–Kier alpha value is -2.67. The first kappa shape index (κ1) is 20.6. The maximum atomic E-state index is 12.3. The zero-order valence-corrected chi connectivity index (χ0v) is 16.6. The van der Waals surface area contributed by atoms with Gasteiger partial charge < -0.3 is 20.3 Å². The molecule has 0 spiro atoms. The number of rotatable bonds is 10. The SMILES string of the molecule is COc1ccccc1CCNc1nc(C)cc(C(=O)NCCCN(C)C)n1. The van der Waals surface area contributed by atoms with Crippen molar-refractivity contribution in [1.29, 1.82) is 0 Å². The molecule has 0 aliphatic heterocycles.